The zero-order valence-electron chi connectivity index (χ0n) is 12.7. The molecule has 3 rings (SSSR count). The summed E-state index contributed by atoms with van der Waals surface area (Å²) < 4.78 is 0. The second-order valence-electron chi connectivity index (χ2n) is 6.62. The molecule has 0 bridgehead atoms. The van der Waals surface area contributed by atoms with Gasteiger partial charge in [0.15, 0.2) is 0 Å². The summed E-state index contributed by atoms with van der Waals surface area (Å²) in [5, 5.41) is 0. The van der Waals surface area contributed by atoms with Gasteiger partial charge in [-0.2, -0.15) is 0 Å². The van der Waals surface area contributed by atoms with Gasteiger partial charge < -0.3 is 14.7 Å². The smallest absolute Gasteiger partial charge is 0.246 e. The lowest BCUT2D eigenvalue weighted by molar-refractivity contribution is -0.162. The number of piperidine rings is 1. The van der Waals surface area contributed by atoms with Crippen molar-refractivity contribution in [1.29, 1.82) is 0 Å². The summed E-state index contributed by atoms with van der Waals surface area (Å²) in [5.41, 5.74) is 0. The molecule has 3 aliphatic rings. The van der Waals surface area contributed by atoms with Gasteiger partial charge in [0, 0.05) is 25.2 Å². The van der Waals surface area contributed by atoms with Crippen LogP contribution in [0.4, 0.5) is 0 Å². The molecule has 0 aromatic carbocycles. The third kappa shape index (κ3) is 2.03. The van der Waals surface area contributed by atoms with Crippen LogP contribution in [0.3, 0.4) is 0 Å². The lowest BCUT2D eigenvalue weighted by atomic mass is 9.93. The van der Waals surface area contributed by atoms with Gasteiger partial charge >= 0.3 is 0 Å². The molecule has 3 heterocycles. The van der Waals surface area contributed by atoms with Crippen LogP contribution in [-0.4, -0.2) is 70.8 Å². The summed E-state index contributed by atoms with van der Waals surface area (Å²) in [5.74, 6) is 0.343. The van der Waals surface area contributed by atoms with E-state index < -0.39 is 0 Å². The maximum atomic E-state index is 12.8. The molecular weight excluding hydrogens is 254 g/mol. The van der Waals surface area contributed by atoms with E-state index in [2.05, 4.69) is 18.9 Å². The predicted molar refractivity (Wildman–Crippen MR) is 76.2 cm³/mol. The average molecular weight is 279 g/mol. The molecule has 0 saturated carbocycles. The largest absolute Gasteiger partial charge is 0.329 e. The molecule has 2 amide bonds. The molecule has 0 aromatic rings. The van der Waals surface area contributed by atoms with Crippen molar-refractivity contribution in [3.05, 3.63) is 0 Å². The Morgan fingerprint density at radius 1 is 1.05 bits per heavy atom. The van der Waals surface area contributed by atoms with Crippen LogP contribution in [0.5, 0.6) is 0 Å². The van der Waals surface area contributed by atoms with Gasteiger partial charge in [0.25, 0.3) is 0 Å². The highest BCUT2D eigenvalue weighted by Crippen LogP contribution is 2.31. The van der Waals surface area contributed by atoms with Gasteiger partial charge in [-0.25, -0.2) is 0 Å². The van der Waals surface area contributed by atoms with Crippen LogP contribution in [-0.2, 0) is 9.59 Å². The standard InChI is InChI=1S/C15H25N3O2/c1-10-9-12(6-8-16(10)3)18-11(2)14(19)17-7-4-5-13(17)15(18)20/h10-13H,4-9H2,1-3H3. The van der Waals surface area contributed by atoms with Crippen LogP contribution in [0.2, 0.25) is 0 Å². The van der Waals surface area contributed by atoms with Crippen molar-refractivity contribution in [3.8, 4) is 0 Å². The molecule has 0 radical (unpaired) electrons. The molecule has 112 valence electrons. The molecule has 0 N–H and O–H groups in total. The van der Waals surface area contributed by atoms with E-state index in [0.717, 1.165) is 38.8 Å². The van der Waals surface area contributed by atoms with Crippen LogP contribution in [0, 0.1) is 0 Å². The molecule has 5 nitrogen and oxygen atoms in total. The van der Waals surface area contributed by atoms with E-state index in [9.17, 15) is 9.59 Å². The van der Waals surface area contributed by atoms with Crippen LogP contribution >= 0.6 is 0 Å². The Hall–Kier alpha value is -1.10. The van der Waals surface area contributed by atoms with Gasteiger partial charge in [-0.15, -0.1) is 0 Å². The minimum atomic E-state index is -0.280. The summed E-state index contributed by atoms with van der Waals surface area (Å²) >= 11 is 0. The van der Waals surface area contributed by atoms with E-state index in [4.69, 9.17) is 0 Å². The Morgan fingerprint density at radius 3 is 2.50 bits per heavy atom. The highest BCUT2D eigenvalue weighted by Gasteiger charge is 2.48. The Morgan fingerprint density at radius 2 is 1.80 bits per heavy atom. The fourth-order valence-corrected chi connectivity index (χ4v) is 4.02. The van der Waals surface area contributed by atoms with Crippen molar-refractivity contribution < 1.29 is 9.59 Å². The first-order valence-corrected chi connectivity index (χ1v) is 7.83. The number of nitrogens with zero attached hydrogens (tertiary/aromatic N) is 3. The SMILES string of the molecule is CC1CC(N2C(=O)C3CCCN3C(=O)C2C)CCN1C. The van der Waals surface area contributed by atoms with Gasteiger partial charge in [0.2, 0.25) is 11.8 Å². The monoisotopic (exact) mass is 279 g/mol. The van der Waals surface area contributed by atoms with Gasteiger partial charge in [0.1, 0.15) is 12.1 Å². The number of piperazine rings is 1. The van der Waals surface area contributed by atoms with Crippen LogP contribution < -0.4 is 0 Å². The number of hydrogen-bond acceptors (Lipinski definition) is 3. The summed E-state index contributed by atoms with van der Waals surface area (Å²) in [7, 11) is 2.13. The van der Waals surface area contributed by atoms with E-state index in [1.165, 1.54) is 0 Å². The van der Waals surface area contributed by atoms with E-state index in [1.807, 2.05) is 16.7 Å². The maximum Gasteiger partial charge on any atom is 0.246 e. The van der Waals surface area contributed by atoms with Crippen molar-refractivity contribution in [3.63, 3.8) is 0 Å². The molecule has 4 atom stereocenters. The van der Waals surface area contributed by atoms with Crippen molar-refractivity contribution >= 4 is 11.8 Å². The fraction of sp³-hybridized carbons (Fsp3) is 0.867. The van der Waals surface area contributed by atoms with Crippen LogP contribution in [0.15, 0.2) is 0 Å². The summed E-state index contributed by atoms with van der Waals surface area (Å²) in [6.07, 6.45) is 3.77. The number of carbonyl (C=O) groups is 2. The average Bonchev–Trinajstić information content (AvgIpc) is 2.90. The number of hydrogen-bond donors (Lipinski definition) is 0. The molecule has 0 aromatic heterocycles. The fourth-order valence-electron chi connectivity index (χ4n) is 4.02. The third-order valence-electron chi connectivity index (χ3n) is 5.42. The number of carbonyl (C=O) groups excluding carboxylic acids is 2. The normalized spacial score (nSPS) is 39.4. The molecule has 0 spiro atoms. The zero-order valence-corrected chi connectivity index (χ0v) is 12.7. The molecule has 3 aliphatic heterocycles. The molecular formula is C15H25N3O2. The maximum absolute atomic E-state index is 12.8. The van der Waals surface area contributed by atoms with Gasteiger partial charge in [-0.05, 0) is 46.6 Å². The van der Waals surface area contributed by atoms with Crippen molar-refractivity contribution in [2.24, 2.45) is 0 Å². The highest BCUT2D eigenvalue weighted by molar-refractivity contribution is 5.97. The quantitative estimate of drug-likeness (QED) is 0.709. The third-order valence-corrected chi connectivity index (χ3v) is 5.42. The lowest BCUT2D eigenvalue weighted by Gasteiger charge is -2.48. The van der Waals surface area contributed by atoms with E-state index in [1.54, 1.807) is 0 Å². The number of likely N-dealkylation sites (tertiary alicyclic amines) is 1. The molecule has 3 saturated heterocycles. The van der Waals surface area contributed by atoms with E-state index in [-0.39, 0.29) is 29.9 Å². The highest BCUT2D eigenvalue weighted by atomic mass is 16.2. The first-order valence-electron chi connectivity index (χ1n) is 7.83. The zero-order chi connectivity index (χ0) is 14.4. The topological polar surface area (TPSA) is 43.9 Å². The van der Waals surface area contributed by atoms with Gasteiger partial charge in [0.05, 0.1) is 0 Å². The second-order valence-corrected chi connectivity index (χ2v) is 6.62. The molecule has 3 fully saturated rings. The Bertz CT molecular complexity index is 425. The Kier molecular flexibility index (Phi) is 3.48. The molecule has 5 heteroatoms. The lowest BCUT2D eigenvalue weighted by Crippen LogP contribution is -2.65. The summed E-state index contributed by atoms with van der Waals surface area (Å²) in [6.45, 7) is 5.87. The summed E-state index contributed by atoms with van der Waals surface area (Å²) in [6, 6.07) is 0.256. The number of rotatable bonds is 1. The molecule has 20 heavy (non-hydrogen) atoms. The minimum Gasteiger partial charge on any atom is -0.329 e. The molecule has 0 aliphatic carbocycles. The summed E-state index contributed by atoms with van der Waals surface area (Å²) in [4.78, 5) is 31.3. The van der Waals surface area contributed by atoms with E-state index in [0.29, 0.717) is 6.04 Å². The number of amides is 2. The van der Waals surface area contributed by atoms with E-state index >= 15 is 0 Å². The number of fused-ring (bicyclic) bond motifs is 1. The second kappa shape index (κ2) is 5.02. The Labute approximate surface area is 120 Å². The van der Waals surface area contributed by atoms with Crippen LogP contribution in [0.1, 0.15) is 39.5 Å². The Balaban J connectivity index is 1.81. The van der Waals surface area contributed by atoms with Crippen molar-refractivity contribution in [2.75, 3.05) is 20.1 Å². The van der Waals surface area contributed by atoms with Crippen molar-refractivity contribution in [2.45, 2.75) is 63.7 Å². The van der Waals surface area contributed by atoms with Gasteiger partial charge in [-0.1, -0.05) is 0 Å². The van der Waals surface area contributed by atoms with Crippen molar-refractivity contribution in [1.82, 2.24) is 14.7 Å². The first kappa shape index (κ1) is 13.9. The minimum absolute atomic E-state index is 0.152. The van der Waals surface area contributed by atoms with Crippen LogP contribution in [0.25, 0.3) is 0 Å². The van der Waals surface area contributed by atoms with Gasteiger partial charge in [-0.3, -0.25) is 9.59 Å². The predicted octanol–water partition coefficient (Wildman–Crippen LogP) is 0.691. The first-order chi connectivity index (χ1) is 9.50. The molecule has 4 unspecified atom stereocenters.